The summed E-state index contributed by atoms with van der Waals surface area (Å²) in [7, 11) is 0. The molecule has 0 aliphatic heterocycles. The number of carbonyl (C=O) groups is 1. The van der Waals surface area contributed by atoms with Crippen molar-refractivity contribution in [3.05, 3.63) is 42.0 Å². The van der Waals surface area contributed by atoms with Crippen molar-refractivity contribution in [3.63, 3.8) is 0 Å². The topological polar surface area (TPSA) is 26.3 Å². The number of benzene rings is 1. The summed E-state index contributed by atoms with van der Waals surface area (Å²) in [5, 5.41) is 0. The van der Waals surface area contributed by atoms with Gasteiger partial charge in [-0.25, -0.2) is 0 Å². The van der Waals surface area contributed by atoms with E-state index in [1.165, 1.54) is 12.8 Å². The van der Waals surface area contributed by atoms with Gasteiger partial charge in [0.25, 0.3) is 0 Å². The summed E-state index contributed by atoms with van der Waals surface area (Å²) < 4.78 is 5.60. The van der Waals surface area contributed by atoms with Crippen LogP contribution in [-0.4, -0.2) is 12.9 Å². The highest BCUT2D eigenvalue weighted by Crippen LogP contribution is 2.12. The number of hydrogen-bond acceptors (Lipinski definition) is 2. The first-order valence-electron chi connectivity index (χ1n) is 6.70. The molecule has 0 amide bonds. The Morgan fingerprint density at radius 1 is 1.17 bits per heavy atom. The third kappa shape index (κ3) is 6.24. The predicted octanol–water partition coefficient (Wildman–Crippen LogP) is 4.40. The minimum Gasteiger partial charge on any atom is -0.494 e. The van der Waals surface area contributed by atoms with Crippen molar-refractivity contribution in [2.45, 2.75) is 39.0 Å². The Balaban J connectivity index is 2.10. The van der Waals surface area contributed by atoms with Crippen LogP contribution < -0.4 is 4.74 Å². The lowest BCUT2D eigenvalue weighted by Gasteiger charge is -2.05. The molecule has 0 heterocycles. The van der Waals surface area contributed by atoms with Gasteiger partial charge >= 0.3 is 0 Å². The molecule has 0 bridgehead atoms. The van der Waals surface area contributed by atoms with Crippen molar-refractivity contribution < 1.29 is 9.53 Å². The third-order valence-electron chi connectivity index (χ3n) is 2.68. The molecule has 0 atom stereocenters. The molecule has 1 rings (SSSR count). The molecule has 2 nitrogen and oxygen atoms in total. The summed E-state index contributed by atoms with van der Waals surface area (Å²) in [5.41, 5.74) is 0.664. The first-order chi connectivity index (χ1) is 8.86. The molecule has 0 saturated heterocycles. The molecule has 0 aliphatic rings. The van der Waals surface area contributed by atoms with Crippen LogP contribution in [0.4, 0.5) is 0 Å². The standard InChI is InChI=1S/C16H22O2/c1-2-3-4-5-6-7-8-12-18-16-11-9-10-15(13-16)14-17/h3-4,9-11,13-14H,2,5-8,12H2,1H3/b4-3-. The van der Waals surface area contributed by atoms with E-state index in [0.29, 0.717) is 5.56 Å². The molecule has 1 aromatic carbocycles. The van der Waals surface area contributed by atoms with Crippen LogP contribution >= 0.6 is 0 Å². The van der Waals surface area contributed by atoms with Gasteiger partial charge in [-0.05, 0) is 44.2 Å². The quantitative estimate of drug-likeness (QED) is 0.366. The molecule has 0 saturated carbocycles. The Morgan fingerprint density at radius 3 is 2.83 bits per heavy atom. The van der Waals surface area contributed by atoms with E-state index in [0.717, 1.165) is 37.9 Å². The van der Waals surface area contributed by atoms with Crippen molar-refractivity contribution in [3.8, 4) is 5.75 Å². The lowest BCUT2D eigenvalue weighted by molar-refractivity contribution is 0.112. The molecule has 2 heteroatoms. The molecule has 0 spiro atoms. The molecule has 0 radical (unpaired) electrons. The van der Waals surface area contributed by atoms with Crippen LogP contribution in [0.25, 0.3) is 0 Å². The van der Waals surface area contributed by atoms with E-state index < -0.39 is 0 Å². The average Bonchev–Trinajstić information content (AvgIpc) is 2.42. The Labute approximate surface area is 110 Å². The third-order valence-corrected chi connectivity index (χ3v) is 2.68. The van der Waals surface area contributed by atoms with Crippen LogP contribution in [0.15, 0.2) is 36.4 Å². The first-order valence-corrected chi connectivity index (χ1v) is 6.70. The van der Waals surface area contributed by atoms with Crippen LogP contribution in [0.2, 0.25) is 0 Å². The highest BCUT2D eigenvalue weighted by molar-refractivity contribution is 5.75. The molecule has 18 heavy (non-hydrogen) atoms. The van der Waals surface area contributed by atoms with E-state index in [2.05, 4.69) is 19.1 Å². The van der Waals surface area contributed by atoms with Crippen LogP contribution in [0.3, 0.4) is 0 Å². The van der Waals surface area contributed by atoms with Gasteiger partial charge in [0.2, 0.25) is 0 Å². The second-order valence-electron chi connectivity index (χ2n) is 4.27. The van der Waals surface area contributed by atoms with Crippen molar-refractivity contribution in [2.75, 3.05) is 6.61 Å². The van der Waals surface area contributed by atoms with E-state index in [1.807, 2.05) is 12.1 Å². The van der Waals surface area contributed by atoms with E-state index >= 15 is 0 Å². The normalized spacial score (nSPS) is 10.7. The fraction of sp³-hybridized carbons (Fsp3) is 0.438. The van der Waals surface area contributed by atoms with Gasteiger partial charge in [-0.2, -0.15) is 0 Å². The fourth-order valence-corrected chi connectivity index (χ4v) is 1.69. The van der Waals surface area contributed by atoms with Gasteiger partial charge in [0.15, 0.2) is 0 Å². The second kappa shape index (κ2) is 9.46. The first kappa shape index (κ1) is 14.5. The predicted molar refractivity (Wildman–Crippen MR) is 75.2 cm³/mol. The largest absolute Gasteiger partial charge is 0.494 e. The van der Waals surface area contributed by atoms with Crippen LogP contribution in [0, 0.1) is 0 Å². The summed E-state index contributed by atoms with van der Waals surface area (Å²) in [6, 6.07) is 7.28. The molecule has 0 unspecified atom stereocenters. The average molecular weight is 246 g/mol. The van der Waals surface area contributed by atoms with Gasteiger partial charge < -0.3 is 4.74 Å². The number of aldehydes is 1. The number of rotatable bonds is 9. The van der Waals surface area contributed by atoms with Crippen LogP contribution in [-0.2, 0) is 0 Å². The molecule has 0 N–H and O–H groups in total. The number of unbranched alkanes of at least 4 members (excludes halogenated alkanes) is 3. The van der Waals surface area contributed by atoms with E-state index in [4.69, 9.17) is 4.74 Å². The lowest BCUT2D eigenvalue weighted by Crippen LogP contribution is -1.97. The Kier molecular flexibility index (Phi) is 7.61. The number of hydrogen-bond donors (Lipinski definition) is 0. The van der Waals surface area contributed by atoms with Gasteiger partial charge in [0.1, 0.15) is 12.0 Å². The molecule has 0 aromatic heterocycles. The number of ether oxygens (including phenoxy) is 1. The summed E-state index contributed by atoms with van der Waals surface area (Å²) in [5.74, 6) is 0.783. The van der Waals surface area contributed by atoms with Gasteiger partial charge in [-0.3, -0.25) is 4.79 Å². The molecular formula is C16H22O2. The van der Waals surface area contributed by atoms with Crippen molar-refractivity contribution in [2.24, 2.45) is 0 Å². The highest BCUT2D eigenvalue weighted by atomic mass is 16.5. The second-order valence-corrected chi connectivity index (χ2v) is 4.27. The molecule has 1 aromatic rings. The Morgan fingerprint density at radius 2 is 2.06 bits per heavy atom. The lowest BCUT2D eigenvalue weighted by atomic mass is 10.2. The Bertz CT molecular complexity index is 369. The summed E-state index contributed by atoms with van der Waals surface area (Å²) in [6.45, 7) is 2.87. The molecular weight excluding hydrogens is 224 g/mol. The van der Waals surface area contributed by atoms with E-state index in [1.54, 1.807) is 12.1 Å². The smallest absolute Gasteiger partial charge is 0.150 e. The SMILES string of the molecule is CC/C=C\CCCCCOc1cccc(C=O)c1. The molecule has 0 aliphatic carbocycles. The fourth-order valence-electron chi connectivity index (χ4n) is 1.69. The highest BCUT2D eigenvalue weighted by Gasteiger charge is 1.95. The summed E-state index contributed by atoms with van der Waals surface area (Å²) in [6.07, 6.45) is 11.0. The van der Waals surface area contributed by atoms with Gasteiger partial charge in [0.05, 0.1) is 6.61 Å². The van der Waals surface area contributed by atoms with Crippen LogP contribution in [0.5, 0.6) is 5.75 Å². The van der Waals surface area contributed by atoms with Gasteiger partial charge in [0, 0.05) is 5.56 Å². The van der Waals surface area contributed by atoms with Crippen molar-refractivity contribution >= 4 is 6.29 Å². The maximum atomic E-state index is 10.6. The maximum absolute atomic E-state index is 10.6. The monoisotopic (exact) mass is 246 g/mol. The van der Waals surface area contributed by atoms with Gasteiger partial charge in [-0.15, -0.1) is 0 Å². The van der Waals surface area contributed by atoms with Crippen molar-refractivity contribution in [1.29, 1.82) is 0 Å². The summed E-state index contributed by atoms with van der Waals surface area (Å²) >= 11 is 0. The maximum Gasteiger partial charge on any atom is 0.150 e. The zero-order chi connectivity index (χ0) is 13.1. The Hall–Kier alpha value is -1.57. The minimum atomic E-state index is 0.664. The zero-order valence-corrected chi connectivity index (χ0v) is 11.1. The van der Waals surface area contributed by atoms with Crippen LogP contribution in [0.1, 0.15) is 49.4 Å². The zero-order valence-electron chi connectivity index (χ0n) is 11.1. The van der Waals surface area contributed by atoms with E-state index in [-0.39, 0.29) is 0 Å². The summed E-state index contributed by atoms with van der Waals surface area (Å²) in [4.78, 5) is 10.6. The van der Waals surface area contributed by atoms with Crippen molar-refractivity contribution in [1.82, 2.24) is 0 Å². The molecule has 98 valence electrons. The van der Waals surface area contributed by atoms with E-state index in [9.17, 15) is 4.79 Å². The molecule has 0 fully saturated rings. The van der Waals surface area contributed by atoms with Gasteiger partial charge in [-0.1, -0.05) is 31.2 Å². The number of allylic oxidation sites excluding steroid dienone is 2. The number of carbonyl (C=O) groups excluding carboxylic acids is 1. The minimum absolute atomic E-state index is 0.664.